The van der Waals surface area contributed by atoms with Crippen LogP contribution in [0.3, 0.4) is 0 Å². The average Bonchev–Trinajstić information content (AvgIpc) is 2.91. The molecule has 0 nitrogen and oxygen atoms in total. The number of hydrogen-bond acceptors (Lipinski definition) is 0. The Labute approximate surface area is 214 Å². The van der Waals surface area contributed by atoms with Gasteiger partial charge in [0, 0.05) is 0 Å². The standard InChI is InChI=1S/C34H40Si/c1-5-16-31(17-6-1)24-13-27-35(30-34-22-11-4-12-23-34,28-14-25-32-18-7-2-8-19-32)29-15-26-33-20-9-3-10-21-33/h1-12,16-23H,13-15,24-30H2. The van der Waals surface area contributed by atoms with Gasteiger partial charge < -0.3 is 0 Å². The van der Waals surface area contributed by atoms with Gasteiger partial charge in [-0.3, -0.25) is 0 Å². The van der Waals surface area contributed by atoms with Crippen LogP contribution in [0.4, 0.5) is 0 Å². The van der Waals surface area contributed by atoms with Gasteiger partial charge in [0.15, 0.2) is 0 Å². The van der Waals surface area contributed by atoms with Gasteiger partial charge in [0.05, 0.1) is 8.07 Å². The minimum absolute atomic E-state index is 1.21. The number of aryl methyl sites for hydroxylation is 3. The van der Waals surface area contributed by atoms with E-state index in [1.807, 2.05) is 0 Å². The lowest BCUT2D eigenvalue weighted by molar-refractivity contribution is 0.809. The van der Waals surface area contributed by atoms with E-state index in [0.29, 0.717) is 0 Å². The number of benzene rings is 4. The second-order valence-corrected chi connectivity index (χ2v) is 15.0. The molecule has 35 heavy (non-hydrogen) atoms. The molecule has 1 heteroatoms. The Morgan fingerprint density at radius 2 is 0.629 bits per heavy atom. The Hall–Kier alpha value is -2.90. The van der Waals surface area contributed by atoms with E-state index in [-0.39, 0.29) is 0 Å². The van der Waals surface area contributed by atoms with E-state index in [1.165, 1.54) is 79.4 Å². The summed E-state index contributed by atoms with van der Waals surface area (Å²) in [6, 6.07) is 50.2. The fraction of sp³-hybridized carbons (Fsp3) is 0.294. The summed E-state index contributed by atoms with van der Waals surface area (Å²) in [4.78, 5) is 0. The number of rotatable bonds is 14. The summed E-state index contributed by atoms with van der Waals surface area (Å²) in [5.74, 6) is 0. The first-order valence-electron chi connectivity index (χ1n) is 13.5. The van der Waals surface area contributed by atoms with Crippen molar-refractivity contribution in [1.29, 1.82) is 0 Å². The van der Waals surface area contributed by atoms with Crippen LogP contribution in [-0.2, 0) is 25.3 Å². The van der Waals surface area contributed by atoms with Crippen molar-refractivity contribution in [2.45, 2.75) is 62.7 Å². The molecule has 0 saturated carbocycles. The van der Waals surface area contributed by atoms with Crippen LogP contribution in [0.15, 0.2) is 121 Å². The van der Waals surface area contributed by atoms with Crippen LogP contribution in [0.1, 0.15) is 41.5 Å². The molecule has 0 spiro atoms. The maximum atomic E-state index is 2.37. The molecule has 0 fully saturated rings. The summed E-state index contributed by atoms with van der Waals surface area (Å²) in [5, 5.41) is 0. The molecule has 4 aromatic carbocycles. The van der Waals surface area contributed by atoms with Gasteiger partial charge in [0.25, 0.3) is 0 Å². The van der Waals surface area contributed by atoms with Crippen molar-refractivity contribution in [3.8, 4) is 0 Å². The van der Waals surface area contributed by atoms with Gasteiger partial charge in [-0.15, -0.1) is 0 Å². The van der Waals surface area contributed by atoms with Gasteiger partial charge in [-0.1, -0.05) is 164 Å². The first-order valence-corrected chi connectivity index (χ1v) is 16.3. The third kappa shape index (κ3) is 8.67. The lowest BCUT2D eigenvalue weighted by Gasteiger charge is -2.33. The maximum absolute atomic E-state index is 2.37. The predicted octanol–water partition coefficient (Wildman–Crippen LogP) is 9.12. The van der Waals surface area contributed by atoms with Gasteiger partial charge >= 0.3 is 0 Å². The van der Waals surface area contributed by atoms with Crippen molar-refractivity contribution in [2.24, 2.45) is 0 Å². The highest BCUT2D eigenvalue weighted by molar-refractivity contribution is 6.79. The molecular formula is C34H40Si. The summed E-state index contributed by atoms with van der Waals surface area (Å²) in [5.41, 5.74) is 6.02. The summed E-state index contributed by atoms with van der Waals surface area (Å²) in [7, 11) is -1.50. The highest BCUT2D eigenvalue weighted by atomic mass is 28.3. The van der Waals surface area contributed by atoms with Crippen LogP contribution in [0.2, 0.25) is 18.1 Å². The van der Waals surface area contributed by atoms with Crippen molar-refractivity contribution in [1.82, 2.24) is 0 Å². The molecule has 0 saturated heterocycles. The normalized spacial score (nSPS) is 11.4. The Morgan fingerprint density at radius 1 is 0.343 bits per heavy atom. The molecule has 0 bridgehead atoms. The van der Waals surface area contributed by atoms with Crippen LogP contribution < -0.4 is 0 Å². The van der Waals surface area contributed by atoms with E-state index < -0.39 is 8.07 Å². The van der Waals surface area contributed by atoms with Crippen LogP contribution in [0.5, 0.6) is 0 Å². The van der Waals surface area contributed by atoms with Crippen LogP contribution in [0, 0.1) is 0 Å². The monoisotopic (exact) mass is 476 g/mol. The molecule has 0 N–H and O–H groups in total. The van der Waals surface area contributed by atoms with E-state index in [9.17, 15) is 0 Å². The minimum Gasteiger partial charge on any atom is -0.0622 e. The maximum Gasteiger partial charge on any atom is 0.0579 e. The molecule has 180 valence electrons. The van der Waals surface area contributed by atoms with Crippen molar-refractivity contribution in [3.63, 3.8) is 0 Å². The van der Waals surface area contributed by atoms with E-state index in [4.69, 9.17) is 0 Å². The molecule has 4 aromatic rings. The zero-order valence-electron chi connectivity index (χ0n) is 21.1. The van der Waals surface area contributed by atoms with Crippen molar-refractivity contribution >= 4 is 8.07 Å². The smallest absolute Gasteiger partial charge is 0.0579 e. The SMILES string of the molecule is c1ccc(CCC[Si](CCCc2ccccc2)(CCCc2ccccc2)Cc2ccccc2)cc1. The first-order chi connectivity index (χ1) is 17.3. The van der Waals surface area contributed by atoms with Gasteiger partial charge in [-0.25, -0.2) is 0 Å². The molecule has 0 radical (unpaired) electrons. The zero-order chi connectivity index (χ0) is 24.0. The fourth-order valence-electron chi connectivity index (χ4n) is 5.61. The van der Waals surface area contributed by atoms with Gasteiger partial charge in [-0.2, -0.15) is 0 Å². The minimum atomic E-state index is -1.50. The van der Waals surface area contributed by atoms with Crippen molar-refractivity contribution in [2.75, 3.05) is 0 Å². The Kier molecular flexibility index (Phi) is 9.97. The summed E-state index contributed by atoms with van der Waals surface area (Å²) in [6.45, 7) is 0. The zero-order valence-corrected chi connectivity index (χ0v) is 22.1. The highest BCUT2D eigenvalue weighted by Gasteiger charge is 2.31. The Morgan fingerprint density at radius 3 is 0.943 bits per heavy atom. The summed E-state index contributed by atoms with van der Waals surface area (Å²) >= 11 is 0. The molecular weight excluding hydrogens is 436 g/mol. The predicted molar refractivity (Wildman–Crippen MR) is 155 cm³/mol. The third-order valence-electron chi connectivity index (χ3n) is 7.47. The molecule has 4 rings (SSSR count). The first kappa shape index (κ1) is 25.2. The molecule has 0 heterocycles. The highest BCUT2D eigenvalue weighted by Crippen LogP contribution is 2.32. The van der Waals surface area contributed by atoms with Crippen molar-refractivity contribution in [3.05, 3.63) is 144 Å². The summed E-state index contributed by atoms with van der Waals surface area (Å²) in [6.07, 6.45) is 7.59. The molecule has 0 amide bonds. The topological polar surface area (TPSA) is 0 Å². The largest absolute Gasteiger partial charge is 0.0622 e. The lowest BCUT2D eigenvalue weighted by Crippen LogP contribution is -2.38. The number of hydrogen-bond donors (Lipinski definition) is 0. The molecule has 0 atom stereocenters. The van der Waals surface area contributed by atoms with Crippen molar-refractivity contribution < 1.29 is 0 Å². The van der Waals surface area contributed by atoms with Gasteiger partial charge in [0.1, 0.15) is 0 Å². The Bertz CT molecular complexity index is 964. The fourth-order valence-corrected chi connectivity index (χ4v) is 10.8. The van der Waals surface area contributed by atoms with E-state index >= 15 is 0 Å². The molecule has 0 aromatic heterocycles. The van der Waals surface area contributed by atoms with Gasteiger partial charge in [-0.05, 0) is 42.0 Å². The second kappa shape index (κ2) is 13.9. The van der Waals surface area contributed by atoms with Crippen LogP contribution in [0.25, 0.3) is 0 Å². The molecule has 0 aliphatic rings. The Balaban J connectivity index is 1.48. The molecule has 0 aliphatic heterocycles. The molecule has 0 aliphatic carbocycles. The van der Waals surface area contributed by atoms with Crippen LogP contribution in [-0.4, -0.2) is 8.07 Å². The summed E-state index contributed by atoms with van der Waals surface area (Å²) < 4.78 is 0. The quantitative estimate of drug-likeness (QED) is 0.159. The van der Waals surface area contributed by atoms with Crippen LogP contribution >= 0.6 is 0 Å². The van der Waals surface area contributed by atoms with E-state index in [2.05, 4.69) is 121 Å². The van der Waals surface area contributed by atoms with Gasteiger partial charge in [0.2, 0.25) is 0 Å². The molecule has 0 unspecified atom stereocenters. The average molecular weight is 477 g/mol. The third-order valence-corrected chi connectivity index (χ3v) is 12.9. The van der Waals surface area contributed by atoms with E-state index in [0.717, 1.165) is 0 Å². The lowest BCUT2D eigenvalue weighted by atomic mass is 10.1. The van der Waals surface area contributed by atoms with E-state index in [1.54, 1.807) is 5.56 Å². The second-order valence-electron chi connectivity index (χ2n) is 10.2.